The van der Waals surface area contributed by atoms with Gasteiger partial charge in [0.1, 0.15) is 0 Å². The van der Waals surface area contributed by atoms with E-state index in [1.54, 1.807) is 0 Å². The molecule has 0 spiro atoms. The van der Waals surface area contributed by atoms with Crippen LogP contribution < -0.4 is 5.32 Å². The molecule has 0 bridgehead atoms. The van der Waals surface area contributed by atoms with Gasteiger partial charge in [-0.05, 0) is 26.3 Å². The molecule has 1 atom stereocenters. The smallest absolute Gasteiger partial charge is 0.0825 e. The zero-order chi connectivity index (χ0) is 10.3. The van der Waals surface area contributed by atoms with E-state index in [-0.39, 0.29) is 5.60 Å². The lowest BCUT2D eigenvalue weighted by atomic mass is 9.85. The molecule has 13 heavy (non-hydrogen) atoms. The van der Waals surface area contributed by atoms with E-state index in [2.05, 4.69) is 26.1 Å². The summed E-state index contributed by atoms with van der Waals surface area (Å²) in [7, 11) is 3.85. The van der Waals surface area contributed by atoms with Crippen molar-refractivity contribution in [1.29, 1.82) is 0 Å². The average molecular weight is 187 g/mol. The zero-order valence-corrected chi connectivity index (χ0v) is 9.81. The van der Waals surface area contributed by atoms with Gasteiger partial charge in [0.2, 0.25) is 0 Å². The second-order valence-electron chi connectivity index (χ2n) is 3.61. The van der Waals surface area contributed by atoms with Gasteiger partial charge < -0.3 is 10.1 Å². The Morgan fingerprint density at radius 3 is 2.00 bits per heavy atom. The first kappa shape index (κ1) is 12.9. The minimum atomic E-state index is 0.0325. The summed E-state index contributed by atoms with van der Waals surface area (Å²) in [6.07, 6.45) is 4.54. The molecule has 0 rings (SSSR count). The van der Waals surface area contributed by atoms with Gasteiger partial charge in [0.15, 0.2) is 0 Å². The highest BCUT2D eigenvalue weighted by Gasteiger charge is 2.33. The van der Waals surface area contributed by atoms with Crippen molar-refractivity contribution in [2.75, 3.05) is 14.2 Å². The molecule has 0 aromatic carbocycles. The second kappa shape index (κ2) is 6.39. The normalized spacial score (nSPS) is 14.5. The van der Waals surface area contributed by atoms with Crippen molar-refractivity contribution in [3.8, 4) is 0 Å². The third kappa shape index (κ3) is 2.96. The van der Waals surface area contributed by atoms with Crippen LogP contribution in [0.4, 0.5) is 0 Å². The van der Waals surface area contributed by atoms with Gasteiger partial charge in [-0.3, -0.25) is 0 Å². The van der Waals surface area contributed by atoms with Gasteiger partial charge in [0.05, 0.1) is 5.60 Å². The van der Waals surface area contributed by atoms with Crippen LogP contribution in [0, 0.1) is 0 Å². The number of methoxy groups -OCH3 is 1. The molecule has 80 valence electrons. The van der Waals surface area contributed by atoms with E-state index in [9.17, 15) is 0 Å². The van der Waals surface area contributed by atoms with E-state index in [0.717, 1.165) is 12.8 Å². The number of hydrogen-bond acceptors (Lipinski definition) is 2. The van der Waals surface area contributed by atoms with E-state index in [1.165, 1.54) is 12.8 Å². The Hall–Kier alpha value is -0.0800. The van der Waals surface area contributed by atoms with Crippen molar-refractivity contribution in [3.63, 3.8) is 0 Å². The Bertz CT molecular complexity index is 113. The maximum Gasteiger partial charge on any atom is 0.0825 e. The van der Waals surface area contributed by atoms with Gasteiger partial charge >= 0.3 is 0 Å². The summed E-state index contributed by atoms with van der Waals surface area (Å²) in [6, 6.07) is 0.484. The highest BCUT2D eigenvalue weighted by Crippen LogP contribution is 2.26. The molecule has 2 heteroatoms. The van der Waals surface area contributed by atoms with E-state index in [4.69, 9.17) is 4.74 Å². The molecular weight excluding hydrogens is 162 g/mol. The summed E-state index contributed by atoms with van der Waals surface area (Å²) in [4.78, 5) is 0. The number of hydrogen-bond donors (Lipinski definition) is 1. The van der Waals surface area contributed by atoms with Crippen molar-refractivity contribution in [2.45, 2.75) is 58.1 Å². The largest absolute Gasteiger partial charge is 0.377 e. The second-order valence-corrected chi connectivity index (χ2v) is 3.61. The quantitative estimate of drug-likeness (QED) is 0.661. The van der Waals surface area contributed by atoms with E-state index < -0.39 is 0 Å². The minimum absolute atomic E-state index is 0.0325. The first-order valence-electron chi connectivity index (χ1n) is 5.43. The molecule has 1 unspecified atom stereocenters. The Morgan fingerprint density at radius 2 is 1.77 bits per heavy atom. The molecule has 0 aliphatic rings. The van der Waals surface area contributed by atoms with Gasteiger partial charge in [-0.15, -0.1) is 0 Å². The standard InChI is InChI=1S/C11H25NO/c1-6-9-10(12-4)11(7-2,8-3)13-5/h10,12H,6-9H2,1-5H3. The lowest BCUT2D eigenvalue weighted by Gasteiger charge is -2.38. The number of nitrogens with one attached hydrogen (secondary N) is 1. The first-order valence-corrected chi connectivity index (χ1v) is 5.43. The van der Waals surface area contributed by atoms with Gasteiger partial charge in [-0.25, -0.2) is 0 Å². The van der Waals surface area contributed by atoms with Crippen LogP contribution >= 0.6 is 0 Å². The number of likely N-dealkylation sites (N-methyl/N-ethyl adjacent to an activating group) is 1. The summed E-state index contributed by atoms with van der Waals surface area (Å²) >= 11 is 0. The van der Waals surface area contributed by atoms with Gasteiger partial charge in [-0.2, -0.15) is 0 Å². The molecule has 0 aromatic heterocycles. The van der Waals surface area contributed by atoms with Crippen molar-refractivity contribution in [1.82, 2.24) is 5.32 Å². The maximum absolute atomic E-state index is 5.68. The molecule has 1 N–H and O–H groups in total. The summed E-state index contributed by atoms with van der Waals surface area (Å²) in [5.41, 5.74) is 0.0325. The molecule has 0 fully saturated rings. The monoisotopic (exact) mass is 187 g/mol. The minimum Gasteiger partial charge on any atom is -0.377 e. The molecule has 2 nitrogen and oxygen atoms in total. The fourth-order valence-electron chi connectivity index (χ4n) is 2.13. The third-order valence-electron chi connectivity index (χ3n) is 3.16. The van der Waals surface area contributed by atoms with Crippen LogP contribution in [0.5, 0.6) is 0 Å². The van der Waals surface area contributed by atoms with Gasteiger partial charge in [-0.1, -0.05) is 27.2 Å². The average Bonchev–Trinajstić information content (AvgIpc) is 2.19. The van der Waals surface area contributed by atoms with Crippen LogP contribution in [-0.2, 0) is 4.74 Å². The maximum atomic E-state index is 5.68. The van der Waals surface area contributed by atoms with Crippen molar-refractivity contribution in [2.24, 2.45) is 0 Å². The fraction of sp³-hybridized carbons (Fsp3) is 1.00. The lowest BCUT2D eigenvalue weighted by molar-refractivity contribution is -0.0477. The summed E-state index contributed by atoms with van der Waals surface area (Å²) in [6.45, 7) is 6.62. The Balaban J connectivity index is 4.45. The van der Waals surface area contributed by atoms with Crippen LogP contribution in [-0.4, -0.2) is 25.8 Å². The van der Waals surface area contributed by atoms with Crippen LogP contribution in [0.15, 0.2) is 0 Å². The zero-order valence-electron chi connectivity index (χ0n) is 9.81. The summed E-state index contributed by atoms with van der Waals surface area (Å²) in [5.74, 6) is 0. The SMILES string of the molecule is CCCC(NC)C(CC)(CC)OC. The highest BCUT2D eigenvalue weighted by molar-refractivity contribution is 4.90. The van der Waals surface area contributed by atoms with E-state index >= 15 is 0 Å². The Labute approximate surface area is 83.1 Å². The molecule has 0 amide bonds. The van der Waals surface area contributed by atoms with Crippen LogP contribution in [0.2, 0.25) is 0 Å². The first-order chi connectivity index (χ1) is 6.20. The number of rotatable bonds is 7. The molecule has 0 aromatic rings. The molecule has 0 aliphatic heterocycles. The predicted molar refractivity (Wildman–Crippen MR) is 58.1 cm³/mol. The number of ether oxygens (including phenoxy) is 1. The van der Waals surface area contributed by atoms with Crippen LogP contribution in [0.25, 0.3) is 0 Å². The van der Waals surface area contributed by atoms with Gasteiger partial charge in [0.25, 0.3) is 0 Å². The van der Waals surface area contributed by atoms with Gasteiger partial charge in [0, 0.05) is 13.2 Å². The molecule has 0 saturated heterocycles. The highest BCUT2D eigenvalue weighted by atomic mass is 16.5. The fourth-order valence-corrected chi connectivity index (χ4v) is 2.13. The Kier molecular flexibility index (Phi) is 6.35. The summed E-state index contributed by atoms with van der Waals surface area (Å²) in [5, 5.41) is 3.37. The third-order valence-corrected chi connectivity index (χ3v) is 3.16. The van der Waals surface area contributed by atoms with Crippen molar-refractivity contribution >= 4 is 0 Å². The van der Waals surface area contributed by atoms with E-state index in [1.807, 2.05) is 14.2 Å². The summed E-state index contributed by atoms with van der Waals surface area (Å²) < 4.78 is 5.68. The van der Waals surface area contributed by atoms with E-state index in [0.29, 0.717) is 6.04 Å². The molecule has 0 aliphatic carbocycles. The molecule has 0 heterocycles. The van der Waals surface area contributed by atoms with Crippen LogP contribution in [0.1, 0.15) is 46.5 Å². The Morgan fingerprint density at radius 1 is 1.23 bits per heavy atom. The molecular formula is C11H25NO. The molecule has 0 saturated carbocycles. The van der Waals surface area contributed by atoms with Crippen LogP contribution in [0.3, 0.4) is 0 Å². The predicted octanol–water partition coefficient (Wildman–Crippen LogP) is 2.58. The lowest BCUT2D eigenvalue weighted by Crippen LogP contribution is -2.50. The topological polar surface area (TPSA) is 21.3 Å². The molecule has 0 radical (unpaired) electrons. The van der Waals surface area contributed by atoms with Crippen molar-refractivity contribution in [3.05, 3.63) is 0 Å². The van der Waals surface area contributed by atoms with Crippen molar-refractivity contribution < 1.29 is 4.74 Å².